The van der Waals surface area contributed by atoms with Crippen molar-refractivity contribution in [1.29, 1.82) is 0 Å². The Balaban J connectivity index is 1.78. The van der Waals surface area contributed by atoms with E-state index in [1.54, 1.807) is 12.3 Å². The second kappa shape index (κ2) is 10.1. The van der Waals surface area contributed by atoms with Crippen LogP contribution in [0.25, 0.3) is 10.9 Å². The van der Waals surface area contributed by atoms with Crippen LogP contribution < -0.4 is 10.1 Å². The first-order valence-electron chi connectivity index (χ1n) is 10.8. The molecule has 0 radical (unpaired) electrons. The number of hydrogen-bond donors (Lipinski definition) is 1. The highest BCUT2D eigenvalue weighted by atomic mass is 16.5. The maximum Gasteiger partial charge on any atom is 0.407 e. The van der Waals surface area contributed by atoms with E-state index in [2.05, 4.69) is 10.3 Å². The van der Waals surface area contributed by atoms with E-state index < -0.39 is 29.6 Å². The van der Waals surface area contributed by atoms with E-state index in [-0.39, 0.29) is 11.8 Å². The first-order valence-corrected chi connectivity index (χ1v) is 10.8. The summed E-state index contributed by atoms with van der Waals surface area (Å²) < 4.78 is 15.7. The molecule has 3 atom stereocenters. The number of aromatic nitrogens is 1. The number of nitrogens with zero attached hydrogens (tertiary/aromatic N) is 2. The van der Waals surface area contributed by atoms with Gasteiger partial charge in [-0.05, 0) is 30.0 Å². The molecule has 2 amide bonds. The summed E-state index contributed by atoms with van der Waals surface area (Å²) in [4.78, 5) is 43.7. The average molecular weight is 458 g/mol. The molecule has 9 heteroatoms. The molecule has 1 saturated heterocycles. The van der Waals surface area contributed by atoms with Crippen molar-refractivity contribution in [1.82, 2.24) is 15.2 Å². The number of pyridine rings is 1. The van der Waals surface area contributed by atoms with Gasteiger partial charge in [-0.2, -0.15) is 0 Å². The number of ether oxygens (including phenoxy) is 3. The minimum Gasteiger partial charge on any atom is -0.492 e. The number of benzene rings is 1. The lowest BCUT2D eigenvalue weighted by molar-refractivity contribution is -0.152. The lowest BCUT2D eigenvalue weighted by atomic mass is 9.85. The highest BCUT2D eigenvalue weighted by molar-refractivity contribution is 5.91. The van der Waals surface area contributed by atoms with Crippen molar-refractivity contribution in [3.05, 3.63) is 36.5 Å². The van der Waals surface area contributed by atoms with Crippen molar-refractivity contribution in [3.8, 4) is 5.75 Å². The van der Waals surface area contributed by atoms with Crippen LogP contribution >= 0.6 is 0 Å². The molecule has 0 unspecified atom stereocenters. The third-order valence-corrected chi connectivity index (χ3v) is 5.79. The monoisotopic (exact) mass is 457 g/mol. The molecule has 3 rings (SSSR count). The zero-order valence-corrected chi connectivity index (χ0v) is 19.7. The lowest BCUT2D eigenvalue weighted by Gasteiger charge is -2.34. The number of methoxy groups -OCH3 is 2. The number of hydrogen-bond acceptors (Lipinski definition) is 7. The van der Waals surface area contributed by atoms with E-state index >= 15 is 0 Å². The molecule has 1 fully saturated rings. The van der Waals surface area contributed by atoms with Crippen LogP contribution in [0.2, 0.25) is 0 Å². The third-order valence-electron chi connectivity index (χ3n) is 5.79. The second-order valence-corrected chi connectivity index (χ2v) is 9.20. The van der Waals surface area contributed by atoms with E-state index in [9.17, 15) is 14.4 Å². The molecule has 9 nitrogen and oxygen atoms in total. The smallest absolute Gasteiger partial charge is 0.407 e. The fraction of sp³-hybridized carbons (Fsp3) is 0.500. The Bertz CT molecular complexity index is 1010. The Morgan fingerprint density at radius 1 is 1.15 bits per heavy atom. The lowest BCUT2D eigenvalue weighted by Crippen LogP contribution is -2.56. The van der Waals surface area contributed by atoms with Crippen LogP contribution in [0.5, 0.6) is 5.75 Å². The van der Waals surface area contributed by atoms with Crippen LogP contribution in [0.1, 0.15) is 27.2 Å². The van der Waals surface area contributed by atoms with E-state index in [0.29, 0.717) is 25.3 Å². The quantitative estimate of drug-likeness (QED) is 0.665. The Morgan fingerprint density at radius 3 is 2.55 bits per heavy atom. The topological polar surface area (TPSA) is 107 Å². The van der Waals surface area contributed by atoms with Gasteiger partial charge in [0.15, 0.2) is 0 Å². The van der Waals surface area contributed by atoms with Crippen LogP contribution in [0.15, 0.2) is 36.5 Å². The third kappa shape index (κ3) is 5.53. The van der Waals surface area contributed by atoms with Crippen LogP contribution in [-0.2, 0) is 19.1 Å². The number of nitrogens with one attached hydrogen (secondary N) is 1. The van der Waals surface area contributed by atoms with Crippen molar-refractivity contribution in [2.45, 2.75) is 39.3 Å². The maximum absolute atomic E-state index is 13.5. The highest BCUT2D eigenvalue weighted by Crippen LogP contribution is 2.31. The van der Waals surface area contributed by atoms with Gasteiger partial charge in [-0.15, -0.1) is 0 Å². The van der Waals surface area contributed by atoms with Crippen molar-refractivity contribution in [2.75, 3.05) is 27.4 Å². The molecule has 0 aliphatic carbocycles. The molecule has 0 saturated carbocycles. The van der Waals surface area contributed by atoms with Crippen molar-refractivity contribution in [3.63, 3.8) is 0 Å². The molecule has 1 aromatic heterocycles. The van der Waals surface area contributed by atoms with E-state index in [1.165, 1.54) is 19.1 Å². The largest absolute Gasteiger partial charge is 0.492 e. The number of carbonyl (C=O) groups excluding carboxylic acids is 3. The number of amides is 2. The average Bonchev–Trinajstić information content (AvgIpc) is 3.23. The van der Waals surface area contributed by atoms with Gasteiger partial charge in [0, 0.05) is 24.0 Å². The summed E-state index contributed by atoms with van der Waals surface area (Å²) in [6.07, 6.45) is 1.38. The number of likely N-dealkylation sites (tertiary alicyclic amines) is 1. The van der Waals surface area contributed by atoms with Crippen LogP contribution in [0.4, 0.5) is 4.79 Å². The molecule has 0 bridgehead atoms. The fourth-order valence-electron chi connectivity index (χ4n) is 4.04. The first kappa shape index (κ1) is 24.3. The molecule has 2 aromatic rings. The molecule has 1 aliphatic rings. The fourth-order valence-corrected chi connectivity index (χ4v) is 4.04. The zero-order chi connectivity index (χ0) is 24.2. The molecular weight excluding hydrogens is 426 g/mol. The maximum atomic E-state index is 13.5. The first-order chi connectivity index (χ1) is 15.7. The zero-order valence-electron chi connectivity index (χ0n) is 19.7. The number of rotatable bonds is 6. The number of alkyl carbamates (subject to hydrolysis) is 1. The Labute approximate surface area is 193 Å². The number of carbonyl (C=O) groups is 3. The SMILES string of the molecule is COC(=O)N[C@H](C(=O)N1C[C@H](COc2ccnc3ccccc23)C[C@H]1C(=O)OC)C(C)(C)C. The number of fused-ring (bicyclic) bond motifs is 1. The standard InChI is InChI=1S/C24H31N3O6/c1-24(2,3)20(26-23(30)32-5)21(28)27-13-15(12-18(27)22(29)31-4)14-33-19-10-11-25-17-9-7-6-8-16(17)19/h6-11,15,18,20H,12-14H2,1-5H3,(H,26,30)/t15-,18+,20-/m1/s1. The molecule has 1 aliphatic heterocycles. The molecule has 178 valence electrons. The van der Waals surface area contributed by atoms with Crippen molar-refractivity contribution >= 4 is 28.9 Å². The molecule has 0 spiro atoms. The molecular formula is C24H31N3O6. The number of para-hydroxylation sites is 1. The van der Waals surface area contributed by atoms with Crippen molar-refractivity contribution in [2.24, 2.45) is 11.3 Å². The summed E-state index contributed by atoms with van der Waals surface area (Å²) in [5, 5.41) is 3.50. The number of esters is 1. The summed E-state index contributed by atoms with van der Waals surface area (Å²) in [5.41, 5.74) is 0.226. The molecule has 1 N–H and O–H groups in total. The molecule has 33 heavy (non-hydrogen) atoms. The van der Waals surface area contributed by atoms with Gasteiger partial charge < -0.3 is 24.4 Å². The van der Waals surface area contributed by atoms with Gasteiger partial charge in [0.05, 0.1) is 26.3 Å². The van der Waals surface area contributed by atoms with Gasteiger partial charge in [-0.3, -0.25) is 9.78 Å². The van der Waals surface area contributed by atoms with Gasteiger partial charge in [-0.25, -0.2) is 9.59 Å². The van der Waals surface area contributed by atoms with E-state index in [4.69, 9.17) is 14.2 Å². The van der Waals surface area contributed by atoms with E-state index in [1.807, 2.05) is 45.0 Å². The van der Waals surface area contributed by atoms with Gasteiger partial charge in [0.1, 0.15) is 17.8 Å². The van der Waals surface area contributed by atoms with Gasteiger partial charge >= 0.3 is 12.1 Å². The normalized spacial score (nSPS) is 19.1. The van der Waals surface area contributed by atoms with Gasteiger partial charge in [0.2, 0.25) is 5.91 Å². The predicted molar refractivity (Wildman–Crippen MR) is 122 cm³/mol. The molecule has 2 heterocycles. The highest BCUT2D eigenvalue weighted by Gasteiger charge is 2.45. The van der Waals surface area contributed by atoms with E-state index in [0.717, 1.165) is 10.9 Å². The minimum atomic E-state index is -0.874. The summed E-state index contributed by atoms with van der Waals surface area (Å²) in [6, 6.07) is 7.84. The van der Waals surface area contributed by atoms with Gasteiger partial charge in [-0.1, -0.05) is 32.9 Å². The van der Waals surface area contributed by atoms with Gasteiger partial charge in [0.25, 0.3) is 0 Å². The second-order valence-electron chi connectivity index (χ2n) is 9.20. The van der Waals surface area contributed by atoms with Crippen LogP contribution in [-0.4, -0.2) is 67.3 Å². The summed E-state index contributed by atoms with van der Waals surface area (Å²) in [6.45, 7) is 6.13. The van der Waals surface area contributed by atoms with Crippen LogP contribution in [0, 0.1) is 11.3 Å². The molecule has 1 aromatic carbocycles. The minimum absolute atomic E-state index is 0.0938. The van der Waals surface area contributed by atoms with Crippen LogP contribution in [0.3, 0.4) is 0 Å². The Morgan fingerprint density at radius 2 is 1.88 bits per heavy atom. The van der Waals surface area contributed by atoms with Crippen molar-refractivity contribution < 1.29 is 28.6 Å². The Hall–Kier alpha value is -3.36. The Kier molecular flexibility index (Phi) is 7.40. The summed E-state index contributed by atoms with van der Waals surface area (Å²) in [7, 11) is 2.54. The summed E-state index contributed by atoms with van der Waals surface area (Å²) in [5.74, 6) is -0.255. The predicted octanol–water partition coefficient (Wildman–Crippen LogP) is 2.77. The summed E-state index contributed by atoms with van der Waals surface area (Å²) >= 11 is 0.